The van der Waals surface area contributed by atoms with Gasteiger partial charge in [0.05, 0.1) is 24.0 Å². The number of aromatic nitrogens is 4. The number of anilines is 1. The molecule has 2 fully saturated rings. The third-order valence-corrected chi connectivity index (χ3v) is 5.42. The van der Waals surface area contributed by atoms with Gasteiger partial charge in [-0.05, 0) is 30.7 Å². The van der Waals surface area contributed by atoms with Crippen LogP contribution in [0.1, 0.15) is 19.3 Å². The molecule has 0 aromatic carbocycles. The molecule has 3 atom stereocenters. The predicted molar refractivity (Wildman–Crippen MR) is 83.9 cm³/mol. The smallest absolute Gasteiger partial charge is 0.165 e. The molecular weight excluding hydrogens is 296 g/mol. The van der Waals surface area contributed by atoms with Crippen molar-refractivity contribution in [1.82, 2.24) is 19.5 Å². The molecule has 2 heterocycles. The number of aliphatic hydroxyl groups is 1. The lowest BCUT2D eigenvalue weighted by atomic mass is 9.96. The average molecular weight is 314 g/mol. The molecule has 0 saturated heterocycles. The number of imidazole rings is 1. The van der Waals surface area contributed by atoms with Crippen molar-refractivity contribution in [3.8, 4) is 0 Å². The SMILES string of the molecule is CN(C)c1ncnc2c1ncn2[C@@]12CC[C@](CO)(N=[N+]=[N-])[C@@H]1C2. The summed E-state index contributed by atoms with van der Waals surface area (Å²) < 4.78 is 2.09. The van der Waals surface area contributed by atoms with Crippen LogP contribution in [0.4, 0.5) is 5.82 Å². The molecule has 0 spiro atoms. The van der Waals surface area contributed by atoms with Crippen molar-refractivity contribution in [2.75, 3.05) is 25.6 Å². The van der Waals surface area contributed by atoms with Crippen molar-refractivity contribution in [1.29, 1.82) is 0 Å². The van der Waals surface area contributed by atoms with E-state index >= 15 is 0 Å². The van der Waals surface area contributed by atoms with Crippen LogP contribution in [-0.4, -0.2) is 50.9 Å². The zero-order chi connectivity index (χ0) is 16.2. The molecule has 2 aromatic heterocycles. The topological polar surface area (TPSA) is 116 Å². The normalized spacial score (nSPS) is 31.7. The number of nitrogens with zero attached hydrogens (tertiary/aromatic N) is 8. The molecular formula is C14H18N8O. The summed E-state index contributed by atoms with van der Waals surface area (Å²) in [6, 6.07) is 0. The fraction of sp³-hybridized carbons (Fsp3) is 0.643. The standard InChI is InChI=1S/C14H18N8O/c1-21(2)11-10-12(17-7-16-11)22(8-18-10)14-4-3-13(6-23,19-20-15)9(14)5-14/h7-9,23H,3-6H2,1-2H3/t9-,13+,14+/m0/s1. The Morgan fingerprint density at radius 2 is 2.26 bits per heavy atom. The van der Waals surface area contributed by atoms with Gasteiger partial charge in [-0.3, -0.25) is 0 Å². The number of azide groups is 1. The minimum Gasteiger partial charge on any atom is -0.396 e. The van der Waals surface area contributed by atoms with Crippen molar-refractivity contribution in [3.63, 3.8) is 0 Å². The largest absolute Gasteiger partial charge is 0.396 e. The Morgan fingerprint density at radius 1 is 1.43 bits per heavy atom. The van der Waals surface area contributed by atoms with Gasteiger partial charge in [0.25, 0.3) is 0 Å². The van der Waals surface area contributed by atoms with Gasteiger partial charge in [-0.2, -0.15) is 0 Å². The number of hydrogen-bond donors (Lipinski definition) is 1. The second-order valence-corrected chi connectivity index (χ2v) is 6.69. The summed E-state index contributed by atoms with van der Waals surface area (Å²) in [7, 11) is 3.85. The van der Waals surface area contributed by atoms with Gasteiger partial charge in [0.2, 0.25) is 0 Å². The Kier molecular flexibility index (Phi) is 2.82. The molecule has 0 aliphatic heterocycles. The molecule has 9 heteroatoms. The Bertz CT molecular complexity index is 825. The highest BCUT2D eigenvalue weighted by Gasteiger charge is 2.69. The Morgan fingerprint density at radius 3 is 2.91 bits per heavy atom. The quantitative estimate of drug-likeness (QED) is 0.521. The van der Waals surface area contributed by atoms with E-state index < -0.39 is 5.54 Å². The van der Waals surface area contributed by atoms with E-state index in [0.29, 0.717) is 6.42 Å². The lowest BCUT2D eigenvalue weighted by Gasteiger charge is -2.21. The maximum atomic E-state index is 9.76. The molecule has 23 heavy (non-hydrogen) atoms. The number of aliphatic hydroxyl groups excluding tert-OH is 1. The van der Waals surface area contributed by atoms with Crippen molar-refractivity contribution < 1.29 is 5.11 Å². The fourth-order valence-corrected chi connectivity index (χ4v) is 4.16. The van der Waals surface area contributed by atoms with Crippen LogP contribution in [-0.2, 0) is 5.54 Å². The van der Waals surface area contributed by atoms with E-state index in [-0.39, 0.29) is 18.1 Å². The minimum atomic E-state index is -0.692. The molecule has 2 aromatic rings. The Balaban J connectivity index is 1.81. The summed E-state index contributed by atoms with van der Waals surface area (Å²) in [5, 5.41) is 13.7. The summed E-state index contributed by atoms with van der Waals surface area (Å²) >= 11 is 0. The van der Waals surface area contributed by atoms with E-state index in [4.69, 9.17) is 5.53 Å². The van der Waals surface area contributed by atoms with E-state index in [1.807, 2.05) is 19.0 Å². The van der Waals surface area contributed by atoms with Crippen molar-refractivity contribution >= 4 is 17.0 Å². The first-order chi connectivity index (χ1) is 11.1. The third-order valence-electron chi connectivity index (χ3n) is 5.42. The summed E-state index contributed by atoms with van der Waals surface area (Å²) in [6.45, 7) is -0.117. The zero-order valence-corrected chi connectivity index (χ0v) is 13.1. The fourth-order valence-electron chi connectivity index (χ4n) is 4.16. The van der Waals surface area contributed by atoms with Crippen LogP contribution in [0, 0.1) is 5.92 Å². The first kappa shape index (κ1) is 14.2. The molecule has 0 unspecified atom stereocenters. The summed E-state index contributed by atoms with van der Waals surface area (Å²) in [5.41, 5.74) is 9.56. The van der Waals surface area contributed by atoms with Crippen LogP contribution < -0.4 is 4.90 Å². The molecule has 2 aliphatic rings. The van der Waals surface area contributed by atoms with Gasteiger partial charge in [0.15, 0.2) is 17.0 Å². The molecule has 2 aliphatic carbocycles. The lowest BCUT2D eigenvalue weighted by Crippen LogP contribution is -2.31. The second-order valence-electron chi connectivity index (χ2n) is 6.69. The predicted octanol–water partition coefficient (Wildman–Crippen LogP) is 1.44. The van der Waals surface area contributed by atoms with Crippen molar-refractivity contribution in [3.05, 3.63) is 23.1 Å². The minimum absolute atomic E-state index is 0.117. The summed E-state index contributed by atoms with van der Waals surface area (Å²) in [5.74, 6) is 0.912. The van der Waals surface area contributed by atoms with Gasteiger partial charge in [-0.15, -0.1) is 0 Å². The van der Waals surface area contributed by atoms with Crippen LogP contribution in [0.5, 0.6) is 0 Å². The monoisotopic (exact) mass is 314 g/mol. The maximum Gasteiger partial charge on any atom is 0.165 e. The van der Waals surface area contributed by atoms with E-state index in [2.05, 4.69) is 29.5 Å². The first-order valence-corrected chi connectivity index (χ1v) is 7.61. The van der Waals surface area contributed by atoms with Crippen LogP contribution in [0.25, 0.3) is 21.6 Å². The van der Waals surface area contributed by atoms with Gasteiger partial charge in [0.1, 0.15) is 6.33 Å². The second kappa shape index (κ2) is 4.56. The van der Waals surface area contributed by atoms with Crippen LogP contribution in [0.2, 0.25) is 0 Å². The van der Waals surface area contributed by atoms with Crippen molar-refractivity contribution in [2.24, 2.45) is 11.0 Å². The van der Waals surface area contributed by atoms with Crippen molar-refractivity contribution in [2.45, 2.75) is 30.3 Å². The molecule has 2 saturated carbocycles. The molecule has 0 amide bonds. The number of hydrogen-bond acceptors (Lipinski definition) is 6. The van der Waals surface area contributed by atoms with Gasteiger partial charge in [-0.25, -0.2) is 15.0 Å². The van der Waals surface area contributed by atoms with E-state index in [9.17, 15) is 5.11 Å². The molecule has 120 valence electrons. The highest BCUT2D eigenvalue weighted by atomic mass is 16.3. The highest BCUT2D eigenvalue weighted by Crippen LogP contribution is 2.67. The van der Waals surface area contributed by atoms with E-state index in [1.165, 1.54) is 0 Å². The van der Waals surface area contributed by atoms with Crippen LogP contribution in [0.15, 0.2) is 17.8 Å². The van der Waals surface area contributed by atoms with E-state index in [0.717, 1.165) is 29.8 Å². The van der Waals surface area contributed by atoms with Gasteiger partial charge < -0.3 is 14.6 Å². The summed E-state index contributed by atoms with van der Waals surface area (Å²) in [4.78, 5) is 18.1. The maximum absolute atomic E-state index is 9.76. The van der Waals surface area contributed by atoms with Gasteiger partial charge in [0, 0.05) is 19.0 Å². The summed E-state index contributed by atoms with van der Waals surface area (Å²) in [6.07, 6.45) is 5.76. The Hall–Kier alpha value is -2.38. The molecule has 0 radical (unpaired) electrons. The average Bonchev–Trinajstić information content (AvgIpc) is 2.99. The Labute approximate surface area is 132 Å². The van der Waals surface area contributed by atoms with E-state index in [1.54, 1.807) is 12.7 Å². The molecule has 9 nitrogen and oxygen atoms in total. The lowest BCUT2D eigenvalue weighted by molar-refractivity contribution is 0.181. The zero-order valence-electron chi connectivity index (χ0n) is 13.1. The van der Waals surface area contributed by atoms with Gasteiger partial charge in [-0.1, -0.05) is 5.11 Å². The third kappa shape index (κ3) is 1.71. The highest BCUT2D eigenvalue weighted by molar-refractivity contribution is 5.83. The number of fused-ring (bicyclic) bond motifs is 2. The number of rotatable bonds is 4. The first-order valence-electron chi connectivity index (χ1n) is 7.61. The van der Waals surface area contributed by atoms with Crippen LogP contribution in [0.3, 0.4) is 0 Å². The molecule has 4 rings (SSSR count). The molecule has 1 N–H and O–H groups in total. The van der Waals surface area contributed by atoms with Gasteiger partial charge >= 0.3 is 0 Å². The molecule has 0 bridgehead atoms. The van der Waals surface area contributed by atoms with Crippen LogP contribution >= 0.6 is 0 Å².